The van der Waals surface area contributed by atoms with Gasteiger partial charge >= 0.3 is 0 Å². The summed E-state index contributed by atoms with van der Waals surface area (Å²) in [5.41, 5.74) is 5.68. The van der Waals surface area contributed by atoms with Crippen LogP contribution in [0.25, 0.3) is 0 Å². The zero-order valence-electron chi connectivity index (χ0n) is 11.6. The van der Waals surface area contributed by atoms with Gasteiger partial charge in [-0.15, -0.1) is 0 Å². The number of nitrogens with one attached hydrogen (secondary N) is 1. The van der Waals surface area contributed by atoms with Crippen molar-refractivity contribution in [2.45, 2.75) is 31.7 Å². The second-order valence-corrected chi connectivity index (χ2v) is 7.57. The molecule has 8 heteroatoms. The highest BCUT2D eigenvalue weighted by Crippen LogP contribution is 2.33. The number of sulfone groups is 1. The molecule has 3 N–H and O–H groups in total. The highest BCUT2D eigenvalue weighted by Gasteiger charge is 2.26. The molecule has 0 aromatic carbocycles. The Labute approximate surface area is 118 Å². The van der Waals surface area contributed by atoms with E-state index in [1.54, 1.807) is 14.0 Å². The molecule has 0 saturated heterocycles. The van der Waals surface area contributed by atoms with Crippen LogP contribution in [0.4, 0.5) is 10.8 Å². The molecule has 0 bridgehead atoms. The van der Waals surface area contributed by atoms with Crippen molar-refractivity contribution in [3.05, 3.63) is 0 Å². The van der Waals surface area contributed by atoms with Gasteiger partial charge in [-0.3, -0.25) is 0 Å². The van der Waals surface area contributed by atoms with Crippen molar-refractivity contribution in [2.24, 2.45) is 5.92 Å². The van der Waals surface area contributed by atoms with Gasteiger partial charge in [0, 0.05) is 7.11 Å². The molecule has 0 saturated carbocycles. The van der Waals surface area contributed by atoms with Crippen LogP contribution in [-0.2, 0) is 14.6 Å². The normalized spacial score (nSPS) is 13.7. The molecule has 1 aromatic rings. The molecule has 0 aliphatic carbocycles. The summed E-state index contributed by atoms with van der Waals surface area (Å²) in [6.07, 6.45) is 0. The van der Waals surface area contributed by atoms with Gasteiger partial charge in [-0.1, -0.05) is 20.8 Å². The van der Waals surface area contributed by atoms with Gasteiger partial charge in [0.05, 0.1) is 18.4 Å². The number of methoxy groups -OCH3 is 1. The lowest BCUT2D eigenvalue weighted by atomic mass is 10.1. The van der Waals surface area contributed by atoms with Crippen molar-refractivity contribution in [1.29, 1.82) is 0 Å². The van der Waals surface area contributed by atoms with Crippen LogP contribution in [0.3, 0.4) is 0 Å². The summed E-state index contributed by atoms with van der Waals surface area (Å²) in [6.45, 7) is 6.15. The summed E-state index contributed by atoms with van der Waals surface area (Å²) in [4.78, 5) is 0.113. The topological polar surface area (TPSA) is 94.3 Å². The lowest BCUT2D eigenvalue weighted by Gasteiger charge is -2.22. The van der Waals surface area contributed by atoms with Crippen LogP contribution in [0.1, 0.15) is 20.8 Å². The molecule has 1 rings (SSSR count). The van der Waals surface area contributed by atoms with Crippen molar-refractivity contribution in [2.75, 3.05) is 30.5 Å². The fourth-order valence-electron chi connectivity index (χ4n) is 1.58. The third kappa shape index (κ3) is 3.80. The van der Waals surface area contributed by atoms with Gasteiger partial charge in [0.1, 0.15) is 9.90 Å². The Morgan fingerprint density at radius 2 is 2.11 bits per heavy atom. The first-order valence-corrected chi connectivity index (χ1v) is 8.49. The number of anilines is 2. The molecule has 19 heavy (non-hydrogen) atoms. The highest BCUT2D eigenvalue weighted by atomic mass is 32.2. The number of aromatic nitrogens is 1. The molecule has 0 fully saturated rings. The first-order valence-electron chi connectivity index (χ1n) is 6.06. The number of ether oxygens (including phenoxy) is 1. The molecule has 0 radical (unpaired) electrons. The molecule has 0 aliphatic heterocycles. The van der Waals surface area contributed by atoms with Gasteiger partial charge in [-0.25, -0.2) is 8.42 Å². The summed E-state index contributed by atoms with van der Waals surface area (Å²) < 4.78 is 33.1. The Kier molecular flexibility index (Phi) is 5.57. The van der Waals surface area contributed by atoms with Gasteiger partial charge in [0.25, 0.3) is 0 Å². The number of hydrogen-bond acceptors (Lipinski definition) is 7. The van der Waals surface area contributed by atoms with E-state index in [2.05, 4.69) is 9.69 Å². The maximum Gasteiger partial charge on any atom is 0.184 e. The van der Waals surface area contributed by atoms with Crippen LogP contribution in [-0.4, -0.2) is 38.3 Å². The first kappa shape index (κ1) is 16.2. The molecule has 0 spiro atoms. The lowest BCUT2D eigenvalue weighted by Crippen LogP contribution is -2.30. The molecule has 6 nitrogen and oxygen atoms in total. The van der Waals surface area contributed by atoms with Crippen molar-refractivity contribution in [3.63, 3.8) is 0 Å². The van der Waals surface area contributed by atoms with Gasteiger partial charge in [-0.2, -0.15) is 4.37 Å². The minimum absolute atomic E-state index is 0.000909. The average molecular weight is 307 g/mol. The van der Waals surface area contributed by atoms with Crippen LogP contribution in [0.5, 0.6) is 0 Å². The zero-order chi connectivity index (χ0) is 14.6. The van der Waals surface area contributed by atoms with Crippen LogP contribution >= 0.6 is 11.5 Å². The maximum atomic E-state index is 12.0. The van der Waals surface area contributed by atoms with Gasteiger partial charge in [-0.05, 0) is 17.5 Å². The van der Waals surface area contributed by atoms with E-state index in [1.165, 1.54) is 0 Å². The number of nitrogens with two attached hydrogens (primary N) is 1. The Morgan fingerprint density at radius 3 is 2.58 bits per heavy atom. The van der Waals surface area contributed by atoms with E-state index in [4.69, 9.17) is 10.5 Å². The van der Waals surface area contributed by atoms with Gasteiger partial charge in [0.2, 0.25) is 0 Å². The standard InChI is InChI=1S/C11H21N3O3S2/c1-5-19(15,16)9-10(12)14-18-11(9)13-8(6-17-4)7(2)3/h7-8,13H,5-6H2,1-4H3,(H2,12,14). The third-order valence-corrected chi connectivity index (χ3v) is 5.55. The largest absolute Gasteiger partial charge is 0.383 e. The van der Waals surface area contributed by atoms with Crippen molar-refractivity contribution >= 4 is 32.2 Å². The molecule has 0 aliphatic rings. The van der Waals surface area contributed by atoms with E-state index in [9.17, 15) is 8.42 Å². The summed E-state index contributed by atoms with van der Waals surface area (Å²) in [5.74, 6) is 0.357. The van der Waals surface area contributed by atoms with Crippen LogP contribution < -0.4 is 11.1 Å². The van der Waals surface area contributed by atoms with E-state index in [1.807, 2.05) is 13.8 Å². The second-order valence-electron chi connectivity index (χ2n) is 4.58. The molecular weight excluding hydrogens is 286 g/mol. The number of nitrogens with zero attached hydrogens (tertiary/aromatic N) is 1. The maximum absolute atomic E-state index is 12.0. The van der Waals surface area contributed by atoms with Gasteiger partial charge in [0.15, 0.2) is 15.7 Å². The Hall–Kier alpha value is -0.860. The second kappa shape index (κ2) is 6.53. The predicted molar refractivity (Wildman–Crippen MR) is 78.4 cm³/mol. The highest BCUT2D eigenvalue weighted by molar-refractivity contribution is 7.91. The summed E-state index contributed by atoms with van der Waals surface area (Å²) in [6, 6.07) is 0.00987. The summed E-state index contributed by atoms with van der Waals surface area (Å²) in [5, 5.41) is 3.68. The summed E-state index contributed by atoms with van der Waals surface area (Å²) >= 11 is 1.07. The zero-order valence-corrected chi connectivity index (χ0v) is 13.3. The lowest BCUT2D eigenvalue weighted by molar-refractivity contribution is 0.171. The smallest absolute Gasteiger partial charge is 0.184 e. The third-order valence-electron chi connectivity index (χ3n) is 2.83. The Balaban J connectivity index is 3.09. The fraction of sp³-hybridized carbons (Fsp3) is 0.727. The van der Waals surface area contributed by atoms with E-state index in [0.29, 0.717) is 17.5 Å². The fourth-order valence-corrected chi connectivity index (χ4v) is 3.80. The van der Waals surface area contributed by atoms with Crippen molar-refractivity contribution < 1.29 is 13.2 Å². The van der Waals surface area contributed by atoms with Crippen LogP contribution in [0, 0.1) is 5.92 Å². The molecule has 0 amide bonds. The first-order chi connectivity index (χ1) is 8.83. The van der Waals surface area contributed by atoms with Crippen molar-refractivity contribution in [1.82, 2.24) is 4.37 Å². The average Bonchev–Trinajstić information content (AvgIpc) is 2.70. The molecular formula is C11H21N3O3S2. The predicted octanol–water partition coefficient (Wildman–Crippen LogP) is 1.60. The van der Waals surface area contributed by atoms with Gasteiger partial charge < -0.3 is 15.8 Å². The number of rotatable bonds is 7. The van der Waals surface area contributed by atoms with Crippen LogP contribution in [0.2, 0.25) is 0 Å². The van der Waals surface area contributed by atoms with E-state index in [0.717, 1.165) is 11.5 Å². The minimum Gasteiger partial charge on any atom is -0.383 e. The minimum atomic E-state index is -3.38. The monoisotopic (exact) mass is 307 g/mol. The molecule has 1 unspecified atom stereocenters. The molecule has 1 aromatic heterocycles. The van der Waals surface area contributed by atoms with E-state index >= 15 is 0 Å². The SMILES string of the molecule is CCS(=O)(=O)c1c(N)nsc1NC(COC)C(C)C. The Bertz CT molecular complexity index is 511. The summed E-state index contributed by atoms with van der Waals surface area (Å²) in [7, 11) is -1.77. The van der Waals surface area contributed by atoms with Crippen molar-refractivity contribution in [3.8, 4) is 0 Å². The quantitative estimate of drug-likeness (QED) is 0.794. The van der Waals surface area contributed by atoms with E-state index < -0.39 is 9.84 Å². The number of hydrogen-bond donors (Lipinski definition) is 2. The Morgan fingerprint density at radius 1 is 1.47 bits per heavy atom. The van der Waals surface area contributed by atoms with E-state index in [-0.39, 0.29) is 22.5 Å². The molecule has 110 valence electrons. The molecule has 1 heterocycles. The molecule has 1 atom stereocenters. The number of nitrogen functional groups attached to an aromatic ring is 1. The van der Waals surface area contributed by atoms with Crippen LogP contribution in [0.15, 0.2) is 4.90 Å².